The summed E-state index contributed by atoms with van der Waals surface area (Å²) in [5.74, 6) is 0.361. The Hall–Kier alpha value is -3.22. The SMILES string of the molecule is COC(=O)c1ccc(OC(CN(C)C(=O)OC(C)(C)C)c2ccccc2)c(OC)c1. The Morgan fingerprint density at radius 2 is 1.67 bits per heavy atom. The van der Waals surface area contributed by atoms with Gasteiger partial charge in [-0.15, -0.1) is 0 Å². The fourth-order valence-electron chi connectivity index (χ4n) is 2.70. The predicted octanol–water partition coefficient (Wildman–Crippen LogP) is 4.47. The standard InChI is InChI=1S/C23H29NO6/c1-23(2,3)30-22(26)24(4)15-20(16-10-8-7-9-11-16)29-18-13-12-17(21(25)28-6)14-19(18)27-5/h7-14,20H,15H2,1-6H3. The smallest absolute Gasteiger partial charge is 0.410 e. The van der Waals surface area contributed by atoms with Gasteiger partial charge in [-0.25, -0.2) is 9.59 Å². The van der Waals surface area contributed by atoms with Crippen LogP contribution in [-0.4, -0.2) is 50.4 Å². The van der Waals surface area contributed by atoms with Crippen molar-refractivity contribution in [3.05, 3.63) is 59.7 Å². The molecule has 0 aliphatic carbocycles. The highest BCUT2D eigenvalue weighted by atomic mass is 16.6. The summed E-state index contributed by atoms with van der Waals surface area (Å²) < 4.78 is 21.8. The second-order valence-electron chi connectivity index (χ2n) is 7.74. The van der Waals surface area contributed by atoms with E-state index in [1.165, 1.54) is 19.1 Å². The van der Waals surface area contributed by atoms with Crippen LogP contribution in [0.15, 0.2) is 48.5 Å². The van der Waals surface area contributed by atoms with Crippen LogP contribution >= 0.6 is 0 Å². The average Bonchev–Trinajstić information content (AvgIpc) is 2.72. The molecule has 0 aliphatic heterocycles. The Morgan fingerprint density at radius 1 is 1.00 bits per heavy atom. The number of rotatable bonds is 7. The summed E-state index contributed by atoms with van der Waals surface area (Å²) in [6, 6.07) is 14.3. The Kier molecular flexibility index (Phi) is 7.69. The van der Waals surface area contributed by atoms with Crippen LogP contribution in [0.1, 0.15) is 42.8 Å². The summed E-state index contributed by atoms with van der Waals surface area (Å²) in [5.41, 5.74) is 0.636. The minimum absolute atomic E-state index is 0.251. The molecule has 0 saturated heterocycles. The van der Waals surface area contributed by atoms with Gasteiger partial charge < -0.3 is 23.8 Å². The lowest BCUT2D eigenvalue weighted by molar-refractivity contribution is 0.0224. The Labute approximate surface area is 177 Å². The molecular formula is C23H29NO6. The second kappa shape index (κ2) is 10.0. The molecule has 1 amide bonds. The Morgan fingerprint density at radius 3 is 2.23 bits per heavy atom. The van der Waals surface area contributed by atoms with Gasteiger partial charge in [-0.3, -0.25) is 0 Å². The lowest BCUT2D eigenvalue weighted by Crippen LogP contribution is -2.37. The molecular weight excluding hydrogens is 386 g/mol. The molecule has 0 aliphatic rings. The zero-order chi connectivity index (χ0) is 22.3. The summed E-state index contributed by atoms with van der Waals surface area (Å²) in [7, 11) is 4.47. The number of hydrogen-bond donors (Lipinski definition) is 0. The van der Waals surface area contributed by atoms with Crippen molar-refractivity contribution in [2.45, 2.75) is 32.5 Å². The number of benzene rings is 2. The monoisotopic (exact) mass is 415 g/mol. The molecule has 0 heterocycles. The molecule has 0 saturated carbocycles. The van der Waals surface area contributed by atoms with Crippen LogP contribution < -0.4 is 9.47 Å². The van der Waals surface area contributed by atoms with Gasteiger partial charge in [0.1, 0.15) is 11.7 Å². The van der Waals surface area contributed by atoms with E-state index in [4.69, 9.17) is 18.9 Å². The van der Waals surface area contributed by atoms with Crippen LogP contribution in [0.4, 0.5) is 4.79 Å². The number of carbonyl (C=O) groups is 2. The zero-order valence-electron chi connectivity index (χ0n) is 18.3. The molecule has 0 spiro atoms. The van der Waals surface area contributed by atoms with Crippen LogP contribution in [-0.2, 0) is 9.47 Å². The Bertz CT molecular complexity index is 860. The first-order valence-corrected chi connectivity index (χ1v) is 9.56. The molecule has 162 valence electrons. The molecule has 2 aromatic rings. The molecule has 2 aromatic carbocycles. The van der Waals surface area contributed by atoms with E-state index in [9.17, 15) is 9.59 Å². The summed E-state index contributed by atoms with van der Waals surface area (Å²) >= 11 is 0. The highest BCUT2D eigenvalue weighted by Gasteiger charge is 2.25. The van der Waals surface area contributed by atoms with E-state index in [0.717, 1.165) is 5.56 Å². The fourth-order valence-corrected chi connectivity index (χ4v) is 2.70. The van der Waals surface area contributed by atoms with Crippen LogP contribution in [0, 0.1) is 0 Å². The highest BCUT2D eigenvalue weighted by Crippen LogP contribution is 2.33. The molecule has 0 bridgehead atoms. The molecule has 1 atom stereocenters. The summed E-state index contributed by atoms with van der Waals surface area (Å²) in [6.07, 6.45) is -0.929. The van der Waals surface area contributed by atoms with E-state index < -0.39 is 23.8 Å². The number of esters is 1. The lowest BCUT2D eigenvalue weighted by atomic mass is 10.1. The topological polar surface area (TPSA) is 74.3 Å². The van der Waals surface area contributed by atoms with Crippen LogP contribution in [0.5, 0.6) is 11.5 Å². The maximum Gasteiger partial charge on any atom is 0.410 e. The van der Waals surface area contributed by atoms with Gasteiger partial charge in [-0.2, -0.15) is 0 Å². The predicted molar refractivity (Wildman–Crippen MR) is 113 cm³/mol. The van der Waals surface area contributed by atoms with E-state index in [2.05, 4.69) is 0 Å². The summed E-state index contributed by atoms with van der Waals surface area (Å²) in [6.45, 7) is 5.70. The van der Waals surface area contributed by atoms with Crippen LogP contribution in [0.3, 0.4) is 0 Å². The number of likely N-dealkylation sites (N-methyl/N-ethyl adjacent to an activating group) is 1. The summed E-state index contributed by atoms with van der Waals surface area (Å²) in [4.78, 5) is 25.7. The number of amides is 1. The average molecular weight is 415 g/mol. The number of methoxy groups -OCH3 is 2. The van der Waals surface area contributed by atoms with Gasteiger partial charge in [-0.1, -0.05) is 30.3 Å². The van der Waals surface area contributed by atoms with Crippen molar-refractivity contribution < 1.29 is 28.5 Å². The van der Waals surface area contributed by atoms with Gasteiger partial charge in [0.25, 0.3) is 0 Å². The number of nitrogens with zero attached hydrogens (tertiary/aromatic N) is 1. The molecule has 0 fully saturated rings. The van der Waals surface area contributed by atoms with Crippen molar-refractivity contribution in [1.29, 1.82) is 0 Å². The van der Waals surface area contributed by atoms with E-state index in [1.54, 1.807) is 25.2 Å². The van der Waals surface area contributed by atoms with Crippen molar-refractivity contribution in [3.63, 3.8) is 0 Å². The third-order valence-electron chi connectivity index (χ3n) is 4.17. The van der Waals surface area contributed by atoms with E-state index in [-0.39, 0.29) is 6.54 Å². The van der Waals surface area contributed by atoms with Gasteiger partial charge >= 0.3 is 12.1 Å². The Balaban J connectivity index is 2.29. The van der Waals surface area contributed by atoms with Gasteiger partial charge in [0.2, 0.25) is 0 Å². The first-order chi connectivity index (χ1) is 14.1. The zero-order valence-corrected chi connectivity index (χ0v) is 18.3. The third-order valence-corrected chi connectivity index (χ3v) is 4.17. The maximum atomic E-state index is 12.4. The number of hydrogen-bond acceptors (Lipinski definition) is 6. The molecule has 2 rings (SSSR count). The normalized spacial score (nSPS) is 11.9. The molecule has 0 radical (unpaired) electrons. The lowest BCUT2D eigenvalue weighted by Gasteiger charge is -2.28. The fraction of sp³-hybridized carbons (Fsp3) is 0.391. The van der Waals surface area contributed by atoms with E-state index >= 15 is 0 Å². The largest absolute Gasteiger partial charge is 0.493 e. The van der Waals surface area contributed by atoms with Gasteiger partial charge in [0.15, 0.2) is 11.5 Å². The second-order valence-corrected chi connectivity index (χ2v) is 7.74. The van der Waals surface area contributed by atoms with Crippen LogP contribution in [0.2, 0.25) is 0 Å². The number of carbonyl (C=O) groups excluding carboxylic acids is 2. The highest BCUT2D eigenvalue weighted by molar-refractivity contribution is 5.90. The van der Waals surface area contributed by atoms with Gasteiger partial charge in [0, 0.05) is 7.05 Å². The molecule has 1 unspecified atom stereocenters. The minimum Gasteiger partial charge on any atom is -0.493 e. The minimum atomic E-state index is -0.596. The van der Waals surface area contributed by atoms with Crippen molar-refractivity contribution in [2.75, 3.05) is 27.8 Å². The molecule has 7 nitrogen and oxygen atoms in total. The first-order valence-electron chi connectivity index (χ1n) is 9.56. The third kappa shape index (κ3) is 6.40. The van der Waals surface area contributed by atoms with Crippen molar-refractivity contribution >= 4 is 12.1 Å². The quantitative estimate of drug-likeness (QED) is 0.621. The molecule has 30 heavy (non-hydrogen) atoms. The van der Waals surface area contributed by atoms with Gasteiger partial charge in [-0.05, 0) is 44.5 Å². The van der Waals surface area contributed by atoms with Crippen LogP contribution in [0.25, 0.3) is 0 Å². The summed E-state index contributed by atoms with van der Waals surface area (Å²) in [5, 5.41) is 0. The number of ether oxygens (including phenoxy) is 4. The molecule has 0 N–H and O–H groups in total. The van der Waals surface area contributed by atoms with Gasteiger partial charge in [0.05, 0.1) is 26.3 Å². The molecule has 7 heteroatoms. The maximum absolute atomic E-state index is 12.4. The molecule has 0 aromatic heterocycles. The van der Waals surface area contributed by atoms with E-state index in [0.29, 0.717) is 17.1 Å². The van der Waals surface area contributed by atoms with Crippen molar-refractivity contribution in [3.8, 4) is 11.5 Å². The van der Waals surface area contributed by atoms with Crippen molar-refractivity contribution in [2.24, 2.45) is 0 Å². The first kappa shape index (κ1) is 23.1. The van der Waals surface area contributed by atoms with Crippen molar-refractivity contribution in [1.82, 2.24) is 4.90 Å². The van der Waals surface area contributed by atoms with E-state index in [1.807, 2.05) is 51.1 Å².